The summed E-state index contributed by atoms with van der Waals surface area (Å²) in [6.07, 6.45) is -0.122. The Morgan fingerprint density at radius 1 is 1.60 bits per heavy atom. The number of carboxylic acids is 1. The highest BCUT2D eigenvalue weighted by Crippen LogP contribution is 2.18. The molecule has 15 heavy (non-hydrogen) atoms. The Morgan fingerprint density at radius 2 is 2.27 bits per heavy atom. The van der Waals surface area contributed by atoms with E-state index in [1.165, 1.54) is 6.92 Å². The zero-order valence-corrected chi connectivity index (χ0v) is 9.15. The second kappa shape index (κ2) is 4.77. The molecule has 0 saturated heterocycles. The number of rotatable bonds is 4. The van der Waals surface area contributed by atoms with E-state index in [1.54, 1.807) is 6.07 Å². The van der Waals surface area contributed by atoms with Gasteiger partial charge >= 0.3 is 5.97 Å². The number of aryl methyl sites for hydroxylation is 2. The molecule has 82 valence electrons. The summed E-state index contributed by atoms with van der Waals surface area (Å²) in [5.41, 5.74) is 1.70. The zero-order chi connectivity index (χ0) is 11.4. The molecule has 0 aromatic carbocycles. The summed E-state index contributed by atoms with van der Waals surface area (Å²) < 4.78 is 5.29. The molecule has 0 bridgehead atoms. The molecule has 0 spiro atoms. The molecule has 0 aliphatic heterocycles. The Kier molecular flexibility index (Phi) is 3.66. The van der Waals surface area contributed by atoms with Crippen molar-refractivity contribution in [2.45, 2.75) is 33.3 Å². The topological polar surface area (TPSA) is 59.4 Å². The molecule has 1 atom stereocenters. The van der Waals surface area contributed by atoms with E-state index in [0.29, 0.717) is 5.75 Å². The zero-order valence-electron chi connectivity index (χ0n) is 9.15. The number of ether oxygens (including phenoxy) is 1. The van der Waals surface area contributed by atoms with Crippen LogP contribution in [0.5, 0.6) is 5.75 Å². The van der Waals surface area contributed by atoms with Gasteiger partial charge in [0.05, 0.1) is 5.69 Å². The van der Waals surface area contributed by atoms with Gasteiger partial charge in [-0.15, -0.1) is 0 Å². The average Bonchev–Trinajstić information content (AvgIpc) is 2.20. The van der Waals surface area contributed by atoms with E-state index in [1.807, 2.05) is 19.9 Å². The lowest BCUT2D eigenvalue weighted by atomic mass is 10.2. The first-order valence-electron chi connectivity index (χ1n) is 4.90. The van der Waals surface area contributed by atoms with Crippen molar-refractivity contribution in [3.8, 4) is 5.75 Å². The van der Waals surface area contributed by atoms with E-state index in [2.05, 4.69) is 4.98 Å². The van der Waals surface area contributed by atoms with Crippen molar-refractivity contribution < 1.29 is 14.6 Å². The number of carboxylic acid groups (broad SMARTS) is 1. The quantitative estimate of drug-likeness (QED) is 0.821. The number of aromatic nitrogens is 1. The highest BCUT2D eigenvalue weighted by Gasteiger charge is 2.14. The number of hydrogen-bond acceptors (Lipinski definition) is 3. The van der Waals surface area contributed by atoms with Crippen molar-refractivity contribution in [3.05, 3.63) is 23.5 Å². The molecule has 0 aliphatic carbocycles. The van der Waals surface area contributed by atoms with E-state index in [-0.39, 0.29) is 0 Å². The van der Waals surface area contributed by atoms with Crippen LogP contribution >= 0.6 is 0 Å². The van der Waals surface area contributed by atoms with Crippen molar-refractivity contribution in [2.75, 3.05) is 0 Å². The van der Waals surface area contributed by atoms with Gasteiger partial charge in [0.2, 0.25) is 0 Å². The molecule has 0 saturated carbocycles. The number of pyridine rings is 1. The van der Waals surface area contributed by atoms with Gasteiger partial charge in [-0.1, -0.05) is 6.92 Å². The molecule has 1 aromatic heterocycles. The number of aliphatic carboxylic acids is 1. The summed E-state index contributed by atoms with van der Waals surface area (Å²) >= 11 is 0. The smallest absolute Gasteiger partial charge is 0.344 e. The largest absolute Gasteiger partial charge is 0.479 e. The molecular weight excluding hydrogens is 194 g/mol. The third-order valence-corrected chi connectivity index (χ3v) is 2.06. The summed E-state index contributed by atoms with van der Waals surface area (Å²) in [6, 6.07) is 3.57. The fourth-order valence-corrected chi connectivity index (χ4v) is 1.20. The minimum Gasteiger partial charge on any atom is -0.479 e. The summed E-state index contributed by atoms with van der Waals surface area (Å²) in [6.45, 7) is 5.35. The maximum absolute atomic E-state index is 10.6. The highest BCUT2D eigenvalue weighted by molar-refractivity contribution is 5.72. The first-order chi connectivity index (χ1) is 7.04. The van der Waals surface area contributed by atoms with Crippen LogP contribution in [0.3, 0.4) is 0 Å². The summed E-state index contributed by atoms with van der Waals surface area (Å²) in [5, 5.41) is 8.72. The lowest BCUT2D eigenvalue weighted by Crippen LogP contribution is -2.23. The predicted octanol–water partition coefficient (Wildman–Crippen LogP) is 1.80. The molecule has 1 N–H and O–H groups in total. The highest BCUT2D eigenvalue weighted by atomic mass is 16.5. The molecule has 4 heteroatoms. The molecule has 0 radical (unpaired) electrons. The minimum atomic E-state index is -0.974. The van der Waals surface area contributed by atoms with Gasteiger partial charge in [0, 0.05) is 5.69 Å². The summed E-state index contributed by atoms with van der Waals surface area (Å²) in [7, 11) is 0. The van der Waals surface area contributed by atoms with Crippen LogP contribution in [-0.2, 0) is 11.2 Å². The first-order valence-corrected chi connectivity index (χ1v) is 4.90. The number of nitrogens with zero attached hydrogens (tertiary/aromatic N) is 1. The van der Waals surface area contributed by atoms with Crippen molar-refractivity contribution in [2.24, 2.45) is 0 Å². The molecule has 1 heterocycles. The fourth-order valence-electron chi connectivity index (χ4n) is 1.20. The summed E-state index contributed by atoms with van der Waals surface area (Å²) in [5.74, 6) is -0.421. The number of hydrogen-bond donors (Lipinski definition) is 1. The second-order valence-corrected chi connectivity index (χ2v) is 3.35. The van der Waals surface area contributed by atoms with Crippen LogP contribution in [-0.4, -0.2) is 22.2 Å². The van der Waals surface area contributed by atoms with Crippen LogP contribution in [0.2, 0.25) is 0 Å². The van der Waals surface area contributed by atoms with Crippen LogP contribution in [0.15, 0.2) is 12.1 Å². The van der Waals surface area contributed by atoms with Gasteiger partial charge < -0.3 is 9.84 Å². The SMILES string of the molecule is CCc1nc(C)ccc1O[C@@H](C)C(=O)O. The van der Waals surface area contributed by atoms with Gasteiger partial charge in [0.25, 0.3) is 0 Å². The molecule has 1 rings (SSSR count). The fraction of sp³-hybridized carbons (Fsp3) is 0.455. The monoisotopic (exact) mass is 209 g/mol. The van der Waals surface area contributed by atoms with Gasteiger partial charge in [-0.3, -0.25) is 4.98 Å². The lowest BCUT2D eigenvalue weighted by molar-refractivity contribution is -0.144. The van der Waals surface area contributed by atoms with Crippen molar-refractivity contribution in [1.82, 2.24) is 4.98 Å². The van der Waals surface area contributed by atoms with E-state index < -0.39 is 12.1 Å². The molecule has 0 fully saturated rings. The van der Waals surface area contributed by atoms with E-state index in [4.69, 9.17) is 9.84 Å². The third kappa shape index (κ3) is 2.94. The van der Waals surface area contributed by atoms with Gasteiger partial charge in [0.1, 0.15) is 5.75 Å². The van der Waals surface area contributed by atoms with Gasteiger partial charge in [-0.25, -0.2) is 4.79 Å². The normalized spacial score (nSPS) is 12.2. The maximum atomic E-state index is 10.6. The maximum Gasteiger partial charge on any atom is 0.344 e. The minimum absolute atomic E-state index is 0.554. The van der Waals surface area contributed by atoms with E-state index >= 15 is 0 Å². The lowest BCUT2D eigenvalue weighted by Gasteiger charge is -2.13. The first kappa shape index (κ1) is 11.5. The standard InChI is InChI=1S/C11H15NO3/c1-4-9-10(6-5-7(2)12-9)15-8(3)11(13)14/h5-6,8H,4H2,1-3H3,(H,13,14)/t8-/m0/s1. The van der Waals surface area contributed by atoms with Crippen molar-refractivity contribution in [1.29, 1.82) is 0 Å². The Morgan fingerprint density at radius 3 is 2.80 bits per heavy atom. The predicted molar refractivity (Wildman–Crippen MR) is 56.1 cm³/mol. The molecule has 1 aromatic rings. The Bertz CT molecular complexity index is 363. The van der Waals surface area contributed by atoms with E-state index in [0.717, 1.165) is 17.8 Å². The van der Waals surface area contributed by atoms with Gasteiger partial charge in [0.15, 0.2) is 6.10 Å². The molecule has 0 aliphatic rings. The van der Waals surface area contributed by atoms with Crippen LogP contribution in [0.25, 0.3) is 0 Å². The Labute approximate surface area is 88.9 Å². The molecule has 0 amide bonds. The molecular formula is C11H15NO3. The Hall–Kier alpha value is -1.58. The Balaban J connectivity index is 2.89. The van der Waals surface area contributed by atoms with Gasteiger partial charge in [-0.2, -0.15) is 0 Å². The number of carbonyl (C=O) groups is 1. The van der Waals surface area contributed by atoms with Crippen LogP contribution in [0.4, 0.5) is 0 Å². The average molecular weight is 209 g/mol. The van der Waals surface area contributed by atoms with Crippen LogP contribution < -0.4 is 4.74 Å². The summed E-state index contributed by atoms with van der Waals surface area (Å²) in [4.78, 5) is 14.9. The third-order valence-electron chi connectivity index (χ3n) is 2.06. The second-order valence-electron chi connectivity index (χ2n) is 3.35. The van der Waals surface area contributed by atoms with Gasteiger partial charge in [-0.05, 0) is 32.4 Å². The molecule has 0 unspecified atom stereocenters. The van der Waals surface area contributed by atoms with Crippen molar-refractivity contribution >= 4 is 5.97 Å². The van der Waals surface area contributed by atoms with Crippen LogP contribution in [0, 0.1) is 6.92 Å². The molecule has 4 nitrogen and oxygen atoms in total. The van der Waals surface area contributed by atoms with Crippen LogP contribution in [0.1, 0.15) is 25.2 Å². The van der Waals surface area contributed by atoms with Crippen molar-refractivity contribution in [3.63, 3.8) is 0 Å². The van der Waals surface area contributed by atoms with E-state index in [9.17, 15) is 4.79 Å².